The Balaban J connectivity index is 1.78. The molecule has 0 saturated heterocycles. The smallest absolute Gasteiger partial charge is 0.255 e. The van der Waals surface area contributed by atoms with Gasteiger partial charge in [0.1, 0.15) is 0 Å². The highest BCUT2D eigenvalue weighted by atomic mass is 32.2. The van der Waals surface area contributed by atoms with Gasteiger partial charge in [0.05, 0.1) is 42.5 Å². The van der Waals surface area contributed by atoms with Crippen molar-refractivity contribution in [3.63, 3.8) is 0 Å². The van der Waals surface area contributed by atoms with Gasteiger partial charge < -0.3 is 14.2 Å². The lowest BCUT2D eigenvalue weighted by Gasteiger charge is -2.30. The zero-order valence-corrected chi connectivity index (χ0v) is 18.5. The number of benzene rings is 3. The number of nitrogens with zero attached hydrogens (tertiary/aromatic N) is 1. The summed E-state index contributed by atoms with van der Waals surface area (Å²) in [5.74, 6) is 0.966. The van der Waals surface area contributed by atoms with Crippen molar-refractivity contribution in [2.24, 2.45) is 0 Å². The second-order valence-corrected chi connectivity index (χ2v) is 8.79. The van der Waals surface area contributed by atoms with Gasteiger partial charge in [-0.1, -0.05) is 24.3 Å². The maximum atomic E-state index is 13.3. The molecule has 0 fully saturated rings. The van der Waals surface area contributed by atoms with Crippen molar-refractivity contribution in [2.75, 3.05) is 26.2 Å². The molecular weight excluding hydrogens is 430 g/mol. The molecule has 4 rings (SSSR count). The fourth-order valence-corrected chi connectivity index (χ4v) is 5.29. The van der Waals surface area contributed by atoms with Crippen molar-refractivity contribution in [3.8, 4) is 17.2 Å². The van der Waals surface area contributed by atoms with Crippen LogP contribution in [0.3, 0.4) is 0 Å². The molecule has 164 valence electrons. The van der Waals surface area contributed by atoms with E-state index in [0.717, 1.165) is 0 Å². The van der Waals surface area contributed by atoms with Crippen LogP contribution in [0, 0.1) is 0 Å². The number of hydrogen-bond donors (Lipinski definition) is 0. The number of para-hydroxylation sites is 2. The Kier molecular flexibility index (Phi) is 5.63. The van der Waals surface area contributed by atoms with Crippen LogP contribution < -0.4 is 19.1 Å². The number of carbonyl (C=O) groups excluding carboxylic acids is 1. The van der Waals surface area contributed by atoms with Crippen LogP contribution >= 0.6 is 0 Å². The van der Waals surface area contributed by atoms with Gasteiger partial charge in [-0.05, 0) is 48.0 Å². The van der Waals surface area contributed by atoms with E-state index >= 15 is 0 Å². The summed E-state index contributed by atoms with van der Waals surface area (Å²) in [5, 5.41) is 0. The number of carbonyl (C=O) groups is 1. The zero-order chi connectivity index (χ0) is 22.9. The summed E-state index contributed by atoms with van der Waals surface area (Å²) < 4.78 is 42.1. The van der Waals surface area contributed by atoms with Gasteiger partial charge >= 0.3 is 0 Å². The number of anilines is 2. The van der Waals surface area contributed by atoms with Crippen molar-refractivity contribution in [2.45, 2.75) is 9.79 Å². The van der Waals surface area contributed by atoms with Crippen LogP contribution in [0.4, 0.5) is 11.4 Å². The summed E-state index contributed by atoms with van der Waals surface area (Å²) in [6, 6.07) is 16.4. The number of rotatable bonds is 5. The average molecular weight is 452 g/mol. The molecule has 8 heteroatoms. The molecule has 0 atom stereocenters. The monoisotopic (exact) mass is 451 g/mol. The van der Waals surface area contributed by atoms with Crippen LogP contribution in [0.25, 0.3) is 6.08 Å². The van der Waals surface area contributed by atoms with E-state index in [1.54, 1.807) is 54.6 Å². The van der Waals surface area contributed by atoms with Crippen molar-refractivity contribution < 1.29 is 27.4 Å². The molecule has 1 heterocycles. The molecule has 0 aromatic heterocycles. The fourth-order valence-electron chi connectivity index (χ4n) is 3.66. The number of amides is 1. The van der Waals surface area contributed by atoms with E-state index in [1.807, 2.05) is 0 Å². The molecule has 0 spiro atoms. The summed E-state index contributed by atoms with van der Waals surface area (Å²) in [4.78, 5) is 14.9. The quantitative estimate of drug-likeness (QED) is 0.540. The van der Waals surface area contributed by atoms with Crippen molar-refractivity contribution in [1.82, 2.24) is 0 Å². The van der Waals surface area contributed by atoms with Crippen molar-refractivity contribution >= 4 is 33.2 Å². The molecule has 1 amide bonds. The highest BCUT2D eigenvalue weighted by molar-refractivity contribution is 7.92. The van der Waals surface area contributed by atoms with E-state index in [1.165, 1.54) is 44.4 Å². The molecule has 0 saturated carbocycles. The van der Waals surface area contributed by atoms with Crippen LogP contribution in [-0.4, -0.2) is 35.7 Å². The van der Waals surface area contributed by atoms with Gasteiger partial charge in [-0.15, -0.1) is 0 Å². The van der Waals surface area contributed by atoms with Gasteiger partial charge in [0.2, 0.25) is 15.6 Å². The molecule has 1 aliphatic heterocycles. The summed E-state index contributed by atoms with van der Waals surface area (Å²) in [6.07, 6.45) is 2.99. The highest BCUT2D eigenvalue weighted by Crippen LogP contribution is 2.44. The van der Waals surface area contributed by atoms with Gasteiger partial charge in [0.15, 0.2) is 11.5 Å². The second-order valence-electron chi connectivity index (χ2n) is 6.90. The topological polar surface area (TPSA) is 82.1 Å². The van der Waals surface area contributed by atoms with Crippen LogP contribution in [0.1, 0.15) is 5.56 Å². The predicted molar refractivity (Wildman–Crippen MR) is 121 cm³/mol. The summed E-state index contributed by atoms with van der Waals surface area (Å²) in [5.41, 5.74) is 1.27. The summed E-state index contributed by atoms with van der Waals surface area (Å²) in [6.45, 7) is 0. The van der Waals surface area contributed by atoms with Gasteiger partial charge in [-0.2, -0.15) is 0 Å². The molecule has 0 radical (unpaired) electrons. The normalized spacial score (nSPS) is 13.9. The number of ether oxygens (including phenoxy) is 3. The maximum absolute atomic E-state index is 13.3. The SMILES string of the molecule is COc1cc(/C=C/C(=O)N2c3ccccc3S(=O)(=O)c3ccccc32)cc(OC)c1OC. The van der Waals surface area contributed by atoms with Gasteiger partial charge in [-0.3, -0.25) is 9.69 Å². The molecule has 3 aromatic carbocycles. The first kappa shape index (κ1) is 21.5. The largest absolute Gasteiger partial charge is 0.493 e. The number of hydrogen-bond acceptors (Lipinski definition) is 6. The van der Waals surface area contributed by atoms with Crippen LogP contribution in [-0.2, 0) is 14.6 Å². The average Bonchev–Trinajstić information content (AvgIpc) is 2.82. The Morgan fingerprint density at radius 2 is 1.31 bits per heavy atom. The number of methoxy groups -OCH3 is 3. The number of sulfone groups is 1. The molecule has 7 nitrogen and oxygen atoms in total. The Morgan fingerprint density at radius 1 is 0.812 bits per heavy atom. The van der Waals surface area contributed by atoms with E-state index in [-0.39, 0.29) is 9.79 Å². The minimum atomic E-state index is -3.73. The van der Waals surface area contributed by atoms with Gasteiger partial charge in [-0.25, -0.2) is 8.42 Å². The first-order chi connectivity index (χ1) is 15.4. The molecule has 0 unspecified atom stereocenters. The lowest BCUT2D eigenvalue weighted by molar-refractivity contribution is -0.113. The highest BCUT2D eigenvalue weighted by Gasteiger charge is 2.35. The third-order valence-corrected chi connectivity index (χ3v) is 6.97. The Bertz CT molecular complexity index is 1250. The van der Waals surface area contributed by atoms with Crippen LogP contribution in [0.15, 0.2) is 76.5 Å². The molecule has 32 heavy (non-hydrogen) atoms. The lowest BCUT2D eigenvalue weighted by Crippen LogP contribution is -2.30. The molecule has 0 bridgehead atoms. The summed E-state index contributed by atoms with van der Waals surface area (Å²) >= 11 is 0. The van der Waals surface area contributed by atoms with Gasteiger partial charge in [0, 0.05) is 6.08 Å². The van der Waals surface area contributed by atoms with E-state index in [4.69, 9.17) is 14.2 Å². The second kappa shape index (κ2) is 8.39. The Morgan fingerprint density at radius 3 is 1.78 bits per heavy atom. The van der Waals surface area contributed by atoms with Crippen LogP contribution in [0.5, 0.6) is 17.2 Å². The zero-order valence-electron chi connectivity index (χ0n) is 17.7. The standard InChI is InChI=1S/C24H21NO6S/c1-29-19-14-16(15-20(30-2)24(19)31-3)12-13-23(26)25-17-8-4-6-10-21(17)32(27,28)22-11-7-5-9-18(22)25/h4-15H,1-3H3/b13-12+. The molecule has 1 aliphatic rings. The fraction of sp³-hybridized carbons (Fsp3) is 0.125. The van der Waals surface area contributed by atoms with E-state index < -0.39 is 15.7 Å². The first-order valence-electron chi connectivity index (χ1n) is 9.67. The maximum Gasteiger partial charge on any atom is 0.255 e. The van der Waals surface area contributed by atoms with Crippen LogP contribution in [0.2, 0.25) is 0 Å². The first-order valence-corrected chi connectivity index (χ1v) is 11.2. The van der Waals surface area contributed by atoms with Crippen molar-refractivity contribution in [1.29, 1.82) is 0 Å². The molecule has 3 aromatic rings. The Hall–Kier alpha value is -3.78. The number of fused-ring (bicyclic) bond motifs is 2. The third-order valence-electron chi connectivity index (χ3n) is 5.12. The minimum absolute atomic E-state index is 0.0910. The predicted octanol–water partition coefficient (Wildman–Crippen LogP) is 4.24. The molecule has 0 N–H and O–H groups in total. The van der Waals surface area contributed by atoms with Gasteiger partial charge in [0.25, 0.3) is 5.91 Å². The molecule has 0 aliphatic carbocycles. The lowest BCUT2D eigenvalue weighted by atomic mass is 10.1. The summed E-state index contributed by atoms with van der Waals surface area (Å²) in [7, 11) is 0.811. The minimum Gasteiger partial charge on any atom is -0.493 e. The molecular formula is C24H21NO6S. The third kappa shape index (κ3) is 3.48. The van der Waals surface area contributed by atoms with E-state index in [9.17, 15) is 13.2 Å². The van der Waals surface area contributed by atoms with E-state index in [2.05, 4.69) is 0 Å². The Labute approximate surface area is 186 Å². The van der Waals surface area contributed by atoms with E-state index in [0.29, 0.717) is 34.2 Å². The van der Waals surface area contributed by atoms with Crippen molar-refractivity contribution in [3.05, 3.63) is 72.3 Å².